The lowest BCUT2D eigenvalue weighted by atomic mass is 10.2. The first-order valence-electron chi connectivity index (χ1n) is 9.46. The highest BCUT2D eigenvalue weighted by Crippen LogP contribution is 2.10. The van der Waals surface area contributed by atoms with Crippen LogP contribution >= 0.6 is 0 Å². The fourth-order valence-electron chi connectivity index (χ4n) is 3.01. The Morgan fingerprint density at radius 2 is 2.00 bits per heavy atom. The summed E-state index contributed by atoms with van der Waals surface area (Å²) in [4.78, 5) is 25.6. The van der Waals surface area contributed by atoms with Crippen LogP contribution in [0.15, 0.2) is 42.6 Å². The lowest BCUT2D eigenvalue weighted by Gasteiger charge is -2.26. The van der Waals surface area contributed by atoms with Crippen LogP contribution < -0.4 is 5.32 Å². The predicted octanol–water partition coefficient (Wildman–Crippen LogP) is 1.88. The van der Waals surface area contributed by atoms with Gasteiger partial charge < -0.3 is 15.0 Å². The predicted molar refractivity (Wildman–Crippen MR) is 105 cm³/mol. The largest absolute Gasteiger partial charge is 0.379 e. The van der Waals surface area contributed by atoms with Gasteiger partial charge in [-0.15, -0.1) is 0 Å². The molecule has 1 saturated heterocycles. The molecular formula is C20H27N5O2. The number of nitrogens with zero attached hydrogens (tertiary/aromatic N) is 4. The highest BCUT2D eigenvalue weighted by Gasteiger charge is 2.17. The van der Waals surface area contributed by atoms with E-state index in [4.69, 9.17) is 4.74 Å². The number of ether oxygens (including phenoxy) is 1. The van der Waals surface area contributed by atoms with Gasteiger partial charge in [0.2, 0.25) is 5.95 Å². The molecule has 3 rings (SSSR count). The van der Waals surface area contributed by atoms with E-state index in [-0.39, 0.29) is 5.91 Å². The van der Waals surface area contributed by atoms with E-state index >= 15 is 0 Å². The summed E-state index contributed by atoms with van der Waals surface area (Å²) < 4.78 is 5.35. The van der Waals surface area contributed by atoms with Crippen molar-refractivity contribution in [1.29, 1.82) is 0 Å². The molecule has 7 heteroatoms. The van der Waals surface area contributed by atoms with E-state index in [2.05, 4.69) is 20.2 Å². The van der Waals surface area contributed by atoms with Crippen LogP contribution in [0.5, 0.6) is 0 Å². The van der Waals surface area contributed by atoms with Crippen LogP contribution in [0.2, 0.25) is 0 Å². The number of benzene rings is 1. The second-order valence-corrected chi connectivity index (χ2v) is 6.45. The molecule has 1 aliphatic heterocycles. The average Bonchev–Trinajstić information content (AvgIpc) is 2.73. The number of carbonyl (C=O) groups excluding carboxylic acids is 1. The molecule has 0 unspecified atom stereocenters. The van der Waals surface area contributed by atoms with Crippen molar-refractivity contribution in [2.45, 2.75) is 13.5 Å². The van der Waals surface area contributed by atoms with Gasteiger partial charge >= 0.3 is 0 Å². The number of anilines is 1. The average molecular weight is 369 g/mol. The van der Waals surface area contributed by atoms with Gasteiger partial charge in [0.05, 0.1) is 13.2 Å². The summed E-state index contributed by atoms with van der Waals surface area (Å²) in [5, 5.41) is 3.22. The fraction of sp³-hybridized carbons (Fsp3) is 0.450. The summed E-state index contributed by atoms with van der Waals surface area (Å²) >= 11 is 0. The lowest BCUT2D eigenvalue weighted by molar-refractivity contribution is 0.0398. The summed E-state index contributed by atoms with van der Waals surface area (Å²) in [5.41, 5.74) is 1.52. The Bertz CT molecular complexity index is 719. The van der Waals surface area contributed by atoms with Crippen molar-refractivity contribution in [3.63, 3.8) is 0 Å². The Kier molecular flexibility index (Phi) is 7.12. The standard InChI is InChI=1S/C20H27N5O2/c1-2-25(16-17-6-4-3-5-7-17)19(26)18-8-9-21-20(23-18)22-10-11-24-12-14-27-15-13-24/h3-9H,2,10-16H2,1H3,(H,21,22,23). The lowest BCUT2D eigenvalue weighted by Crippen LogP contribution is -2.39. The Morgan fingerprint density at radius 1 is 1.22 bits per heavy atom. The van der Waals surface area contributed by atoms with Crippen LogP contribution in [-0.4, -0.2) is 71.6 Å². The Balaban J connectivity index is 1.56. The second kappa shape index (κ2) is 9.99. The van der Waals surface area contributed by atoms with E-state index in [1.165, 1.54) is 0 Å². The van der Waals surface area contributed by atoms with Crippen molar-refractivity contribution < 1.29 is 9.53 Å². The quantitative estimate of drug-likeness (QED) is 0.766. The van der Waals surface area contributed by atoms with E-state index in [1.807, 2.05) is 37.3 Å². The summed E-state index contributed by atoms with van der Waals surface area (Å²) in [6, 6.07) is 11.6. The minimum atomic E-state index is -0.0833. The Morgan fingerprint density at radius 3 is 2.74 bits per heavy atom. The van der Waals surface area contributed by atoms with Crippen molar-refractivity contribution in [2.75, 3.05) is 51.3 Å². The van der Waals surface area contributed by atoms with Gasteiger partial charge in [0.25, 0.3) is 5.91 Å². The van der Waals surface area contributed by atoms with E-state index in [9.17, 15) is 4.79 Å². The molecule has 1 fully saturated rings. The van der Waals surface area contributed by atoms with Gasteiger partial charge in [0, 0.05) is 45.5 Å². The summed E-state index contributed by atoms with van der Waals surface area (Å²) in [6.07, 6.45) is 1.63. The normalized spacial score (nSPS) is 14.7. The third kappa shape index (κ3) is 5.74. The van der Waals surface area contributed by atoms with Crippen molar-refractivity contribution in [3.05, 3.63) is 53.9 Å². The molecule has 2 heterocycles. The molecule has 1 aromatic carbocycles. The van der Waals surface area contributed by atoms with Gasteiger partial charge in [-0.2, -0.15) is 0 Å². The maximum Gasteiger partial charge on any atom is 0.272 e. The highest BCUT2D eigenvalue weighted by molar-refractivity contribution is 5.92. The van der Waals surface area contributed by atoms with Gasteiger partial charge in [-0.1, -0.05) is 30.3 Å². The fourth-order valence-corrected chi connectivity index (χ4v) is 3.01. The van der Waals surface area contributed by atoms with Gasteiger partial charge in [0.15, 0.2) is 0 Å². The minimum Gasteiger partial charge on any atom is -0.379 e. The molecule has 1 N–H and O–H groups in total. The van der Waals surface area contributed by atoms with Crippen LogP contribution in [0.4, 0.5) is 5.95 Å². The number of hydrogen-bond donors (Lipinski definition) is 1. The first-order valence-corrected chi connectivity index (χ1v) is 9.46. The number of hydrogen-bond acceptors (Lipinski definition) is 6. The monoisotopic (exact) mass is 369 g/mol. The zero-order valence-electron chi connectivity index (χ0n) is 15.8. The van der Waals surface area contributed by atoms with Crippen LogP contribution in [0.1, 0.15) is 23.0 Å². The van der Waals surface area contributed by atoms with Crippen molar-refractivity contribution in [3.8, 4) is 0 Å². The van der Waals surface area contributed by atoms with Crippen LogP contribution in [0.25, 0.3) is 0 Å². The number of nitrogens with one attached hydrogen (secondary N) is 1. The molecule has 144 valence electrons. The zero-order chi connectivity index (χ0) is 18.9. The molecule has 0 radical (unpaired) electrons. The van der Waals surface area contributed by atoms with Crippen molar-refractivity contribution >= 4 is 11.9 Å². The van der Waals surface area contributed by atoms with Gasteiger partial charge in [-0.05, 0) is 18.6 Å². The third-order valence-electron chi connectivity index (χ3n) is 4.57. The van der Waals surface area contributed by atoms with E-state index in [1.54, 1.807) is 17.2 Å². The summed E-state index contributed by atoms with van der Waals surface area (Å²) in [5.74, 6) is 0.407. The molecule has 7 nitrogen and oxygen atoms in total. The first kappa shape index (κ1) is 19.3. The smallest absolute Gasteiger partial charge is 0.272 e. The molecule has 1 amide bonds. The Hall–Kier alpha value is -2.51. The van der Waals surface area contributed by atoms with Crippen molar-refractivity contribution in [1.82, 2.24) is 19.8 Å². The number of rotatable bonds is 8. The molecule has 1 aliphatic rings. The van der Waals surface area contributed by atoms with Crippen LogP contribution in [0.3, 0.4) is 0 Å². The van der Waals surface area contributed by atoms with Crippen molar-refractivity contribution in [2.24, 2.45) is 0 Å². The summed E-state index contributed by atoms with van der Waals surface area (Å²) in [6.45, 7) is 8.28. The second-order valence-electron chi connectivity index (χ2n) is 6.45. The van der Waals surface area contributed by atoms with E-state index in [0.29, 0.717) is 24.7 Å². The SMILES string of the molecule is CCN(Cc1ccccc1)C(=O)c1ccnc(NCCN2CCOCC2)n1. The first-order chi connectivity index (χ1) is 13.3. The number of aromatic nitrogens is 2. The molecule has 27 heavy (non-hydrogen) atoms. The maximum absolute atomic E-state index is 12.8. The molecule has 0 saturated carbocycles. The molecule has 0 spiro atoms. The van der Waals surface area contributed by atoms with Crippen LogP contribution in [-0.2, 0) is 11.3 Å². The van der Waals surface area contributed by atoms with Gasteiger partial charge in [-0.25, -0.2) is 9.97 Å². The number of morpholine rings is 1. The summed E-state index contributed by atoms with van der Waals surface area (Å²) in [7, 11) is 0. The zero-order valence-corrected chi connectivity index (χ0v) is 15.8. The van der Waals surface area contributed by atoms with E-state index in [0.717, 1.165) is 45.0 Å². The third-order valence-corrected chi connectivity index (χ3v) is 4.57. The number of carbonyl (C=O) groups is 1. The Labute approximate surface area is 160 Å². The topological polar surface area (TPSA) is 70.6 Å². The molecule has 0 aliphatic carbocycles. The number of amides is 1. The van der Waals surface area contributed by atoms with E-state index < -0.39 is 0 Å². The van der Waals surface area contributed by atoms with Gasteiger partial charge in [-0.3, -0.25) is 9.69 Å². The molecular weight excluding hydrogens is 342 g/mol. The maximum atomic E-state index is 12.8. The molecule has 0 bridgehead atoms. The van der Waals surface area contributed by atoms with Crippen LogP contribution in [0, 0.1) is 0 Å². The van der Waals surface area contributed by atoms with Gasteiger partial charge in [0.1, 0.15) is 5.69 Å². The molecule has 0 atom stereocenters. The molecule has 1 aromatic heterocycles. The molecule has 2 aromatic rings. The minimum absolute atomic E-state index is 0.0833. The highest BCUT2D eigenvalue weighted by atomic mass is 16.5.